The zero-order valence-corrected chi connectivity index (χ0v) is 11.9. The maximum Gasteiger partial charge on any atom is 0.139 e. The maximum atomic E-state index is 10.4. The number of benzene rings is 1. The van der Waals surface area contributed by atoms with Gasteiger partial charge in [0, 0.05) is 0 Å². The first-order valence-electron chi connectivity index (χ1n) is 5.72. The third kappa shape index (κ3) is 11.3. The number of hydrogen-bond acceptors (Lipinski definition) is 3. The molecule has 0 N–H and O–H groups in total. The van der Waals surface area contributed by atoms with Gasteiger partial charge in [0.15, 0.2) is 0 Å². The quantitative estimate of drug-likeness (QED) is 0.802. The van der Waals surface area contributed by atoms with Crippen molar-refractivity contribution in [2.45, 2.75) is 20.8 Å². The zero-order valence-electron chi connectivity index (χ0n) is 11.1. The van der Waals surface area contributed by atoms with E-state index in [1.54, 1.807) is 25.8 Å². The maximum absolute atomic E-state index is 10.4. The molecule has 96 valence electrons. The number of ketones is 1. The molecule has 0 atom stereocenters. The number of para-hydroxylation sites is 1. The molecule has 3 heteroatoms. The third-order valence-electron chi connectivity index (χ3n) is 1.74. The largest absolute Gasteiger partial charge is 0.497 e. The van der Waals surface area contributed by atoms with E-state index in [1.807, 2.05) is 30.3 Å². The predicted molar refractivity (Wildman–Crippen MR) is 75.8 cm³/mol. The van der Waals surface area contributed by atoms with Crippen molar-refractivity contribution in [2.24, 2.45) is 5.92 Å². The molecule has 0 unspecified atom stereocenters. The summed E-state index contributed by atoms with van der Waals surface area (Å²) in [7, 11) is 1.66. The molecule has 1 aromatic carbocycles. The molecule has 0 aromatic heterocycles. The second-order valence-electron chi connectivity index (χ2n) is 4.13. The minimum atomic E-state index is 0.278. The fourth-order valence-electron chi connectivity index (χ4n) is 0.995. The lowest BCUT2D eigenvalue weighted by atomic mass is 10.3. The van der Waals surface area contributed by atoms with Crippen LogP contribution in [0.5, 0.6) is 5.75 Å². The number of carbonyl (C=O) groups excluding carboxylic acids is 1. The van der Waals surface area contributed by atoms with E-state index in [2.05, 4.69) is 13.8 Å². The van der Waals surface area contributed by atoms with Crippen LogP contribution in [0.3, 0.4) is 0 Å². The molecule has 0 aliphatic heterocycles. The highest BCUT2D eigenvalue weighted by atomic mass is 32.2. The van der Waals surface area contributed by atoms with Gasteiger partial charge in [-0.25, -0.2) is 0 Å². The van der Waals surface area contributed by atoms with Gasteiger partial charge in [0.1, 0.15) is 11.5 Å². The van der Waals surface area contributed by atoms with Gasteiger partial charge in [-0.15, -0.1) is 0 Å². The topological polar surface area (TPSA) is 26.3 Å². The number of rotatable bonds is 5. The average Bonchev–Trinajstić information content (AvgIpc) is 2.30. The van der Waals surface area contributed by atoms with Gasteiger partial charge in [-0.3, -0.25) is 4.79 Å². The zero-order chi connectivity index (χ0) is 13.1. The number of methoxy groups -OCH3 is 1. The van der Waals surface area contributed by atoms with Crippen molar-refractivity contribution in [3.05, 3.63) is 30.3 Å². The molecule has 0 bridgehead atoms. The molecule has 0 heterocycles. The summed E-state index contributed by atoms with van der Waals surface area (Å²) in [4.78, 5) is 10.4. The molecular weight excluding hydrogens is 232 g/mol. The van der Waals surface area contributed by atoms with Crippen molar-refractivity contribution < 1.29 is 9.53 Å². The molecule has 1 rings (SSSR count). The van der Waals surface area contributed by atoms with Gasteiger partial charge < -0.3 is 4.74 Å². The first-order chi connectivity index (χ1) is 8.06. The average molecular weight is 254 g/mol. The van der Waals surface area contributed by atoms with Gasteiger partial charge in [-0.1, -0.05) is 32.0 Å². The van der Waals surface area contributed by atoms with E-state index in [1.165, 1.54) is 0 Å². The number of Topliss-reactive ketones (excluding diaryl/α,β-unsaturated/α-hetero) is 1. The fraction of sp³-hybridized carbons (Fsp3) is 0.500. The van der Waals surface area contributed by atoms with Crippen LogP contribution in [0.15, 0.2) is 30.3 Å². The van der Waals surface area contributed by atoms with E-state index in [-0.39, 0.29) is 5.78 Å². The van der Waals surface area contributed by atoms with Gasteiger partial charge in [0.25, 0.3) is 0 Å². The fourth-order valence-corrected chi connectivity index (χ4v) is 1.87. The van der Waals surface area contributed by atoms with Gasteiger partial charge in [-0.2, -0.15) is 11.8 Å². The van der Waals surface area contributed by atoms with Crippen molar-refractivity contribution in [1.29, 1.82) is 0 Å². The lowest BCUT2D eigenvalue weighted by Gasteiger charge is -2.00. The molecule has 0 radical (unpaired) electrons. The summed E-state index contributed by atoms with van der Waals surface area (Å²) in [5.74, 6) is 3.67. The van der Waals surface area contributed by atoms with Gasteiger partial charge in [0.2, 0.25) is 0 Å². The summed E-state index contributed by atoms with van der Waals surface area (Å²) >= 11 is 1.72. The molecule has 0 amide bonds. The van der Waals surface area contributed by atoms with E-state index >= 15 is 0 Å². The second-order valence-corrected chi connectivity index (χ2v) is 5.16. The number of thioether (sulfide) groups is 1. The van der Waals surface area contributed by atoms with Gasteiger partial charge >= 0.3 is 0 Å². The van der Waals surface area contributed by atoms with E-state index in [0.29, 0.717) is 11.7 Å². The predicted octanol–water partition coefficient (Wildman–Crippen LogP) is 3.66. The summed E-state index contributed by atoms with van der Waals surface area (Å²) in [6.45, 7) is 5.95. The third-order valence-corrected chi connectivity index (χ3v) is 3.25. The first-order valence-corrected chi connectivity index (χ1v) is 6.88. The van der Waals surface area contributed by atoms with E-state index in [4.69, 9.17) is 4.74 Å². The molecule has 1 aromatic rings. The number of carbonyl (C=O) groups is 1. The summed E-state index contributed by atoms with van der Waals surface area (Å²) < 4.78 is 4.91. The molecule has 0 fully saturated rings. The SMILES string of the molecule is CC(=O)CSCC(C)C.COc1ccccc1. The van der Waals surface area contributed by atoms with E-state index < -0.39 is 0 Å². The smallest absolute Gasteiger partial charge is 0.139 e. The van der Waals surface area contributed by atoms with Crippen molar-refractivity contribution in [3.8, 4) is 5.75 Å². The Labute approximate surface area is 109 Å². The molecule has 0 spiro atoms. The van der Waals surface area contributed by atoms with Crippen LogP contribution in [0, 0.1) is 5.92 Å². The standard InChI is InChI=1S/C7H14OS.C7H8O/c1-6(2)4-9-5-7(3)8;1-8-7-5-3-2-4-6-7/h6H,4-5H2,1-3H3;2-6H,1H3. The van der Waals surface area contributed by atoms with Crippen LogP contribution in [0.4, 0.5) is 0 Å². The number of hydrogen-bond donors (Lipinski definition) is 0. The Morgan fingerprint density at radius 2 is 1.88 bits per heavy atom. The Hall–Kier alpha value is -0.960. The molecular formula is C14H22O2S. The second kappa shape index (κ2) is 10.2. The van der Waals surface area contributed by atoms with Crippen LogP contribution < -0.4 is 4.74 Å². The summed E-state index contributed by atoms with van der Waals surface area (Å²) in [5.41, 5.74) is 0. The summed E-state index contributed by atoms with van der Waals surface area (Å²) in [6, 6.07) is 9.68. The van der Waals surface area contributed by atoms with Crippen molar-refractivity contribution in [2.75, 3.05) is 18.6 Å². The molecule has 0 aliphatic rings. The Balaban J connectivity index is 0.000000302. The lowest BCUT2D eigenvalue weighted by Crippen LogP contribution is -1.98. The van der Waals surface area contributed by atoms with Crippen LogP contribution >= 0.6 is 11.8 Å². The highest BCUT2D eigenvalue weighted by Crippen LogP contribution is 2.06. The molecule has 17 heavy (non-hydrogen) atoms. The molecule has 0 saturated heterocycles. The Kier molecular flexibility index (Phi) is 9.63. The van der Waals surface area contributed by atoms with Crippen LogP contribution in [0.25, 0.3) is 0 Å². The van der Waals surface area contributed by atoms with E-state index in [9.17, 15) is 4.79 Å². The normalized spacial score (nSPS) is 9.47. The Morgan fingerprint density at radius 1 is 1.29 bits per heavy atom. The minimum absolute atomic E-state index is 0.278. The highest BCUT2D eigenvalue weighted by molar-refractivity contribution is 7.99. The van der Waals surface area contributed by atoms with Crippen molar-refractivity contribution in [1.82, 2.24) is 0 Å². The molecule has 0 saturated carbocycles. The van der Waals surface area contributed by atoms with Crippen LogP contribution in [0.1, 0.15) is 20.8 Å². The van der Waals surface area contributed by atoms with Gasteiger partial charge in [-0.05, 0) is 30.7 Å². The van der Waals surface area contributed by atoms with Gasteiger partial charge in [0.05, 0.1) is 12.9 Å². The Bertz CT molecular complexity index is 296. The Morgan fingerprint density at radius 3 is 2.24 bits per heavy atom. The van der Waals surface area contributed by atoms with Crippen LogP contribution in [-0.4, -0.2) is 24.4 Å². The lowest BCUT2D eigenvalue weighted by molar-refractivity contribution is -0.114. The first kappa shape index (κ1) is 16.0. The van der Waals surface area contributed by atoms with Crippen LogP contribution in [-0.2, 0) is 4.79 Å². The molecule has 0 aliphatic carbocycles. The number of ether oxygens (including phenoxy) is 1. The van der Waals surface area contributed by atoms with Crippen molar-refractivity contribution in [3.63, 3.8) is 0 Å². The highest BCUT2D eigenvalue weighted by Gasteiger charge is 1.95. The molecule has 2 nitrogen and oxygen atoms in total. The van der Waals surface area contributed by atoms with Crippen LogP contribution in [0.2, 0.25) is 0 Å². The minimum Gasteiger partial charge on any atom is -0.497 e. The monoisotopic (exact) mass is 254 g/mol. The van der Waals surface area contributed by atoms with Crippen molar-refractivity contribution >= 4 is 17.5 Å². The van der Waals surface area contributed by atoms with E-state index in [0.717, 1.165) is 11.5 Å². The summed E-state index contributed by atoms with van der Waals surface area (Å²) in [5, 5.41) is 0. The summed E-state index contributed by atoms with van der Waals surface area (Å²) in [6.07, 6.45) is 0.